The predicted molar refractivity (Wildman–Crippen MR) is 164 cm³/mol. The first-order valence-corrected chi connectivity index (χ1v) is 13.8. The van der Waals surface area contributed by atoms with Crippen molar-refractivity contribution in [3.63, 3.8) is 0 Å². The molecular weight excluding hydrogens is 531 g/mol. The minimum atomic E-state index is -0.471. The first kappa shape index (κ1) is 28.9. The second kappa shape index (κ2) is 11.3. The van der Waals surface area contributed by atoms with Crippen LogP contribution in [0.1, 0.15) is 59.2 Å². The number of pyridine rings is 1. The summed E-state index contributed by atoms with van der Waals surface area (Å²) in [5.41, 5.74) is 8.31. The third-order valence-electron chi connectivity index (χ3n) is 7.25. The molecule has 1 N–H and O–H groups in total. The molecule has 1 aliphatic rings. The molecule has 2 heterocycles. The van der Waals surface area contributed by atoms with Crippen LogP contribution in [0.2, 0.25) is 0 Å². The van der Waals surface area contributed by atoms with Gasteiger partial charge < -0.3 is 19.5 Å². The van der Waals surface area contributed by atoms with E-state index >= 15 is 0 Å². The number of benzene rings is 3. The van der Waals surface area contributed by atoms with Crippen LogP contribution in [0.4, 0.5) is 10.1 Å². The molecule has 3 aromatic carbocycles. The molecule has 0 spiro atoms. The topological polar surface area (TPSA) is 69.7 Å². The number of esters is 1. The van der Waals surface area contributed by atoms with Crippen LogP contribution in [0.25, 0.3) is 16.7 Å². The number of nitrogens with zero attached hydrogens (tertiary/aromatic N) is 1. The molecular formula is C35H35FN2O4. The largest absolute Gasteiger partial charge is 0.496 e. The molecule has 0 fully saturated rings. The van der Waals surface area contributed by atoms with Crippen molar-refractivity contribution in [3.8, 4) is 28.4 Å². The molecule has 0 bridgehead atoms. The number of carbonyl (C=O) groups is 1. The number of fused-ring (bicyclic) bond motifs is 1. The molecule has 0 radical (unpaired) electrons. The molecule has 0 saturated carbocycles. The second-order valence-electron chi connectivity index (χ2n) is 11.3. The first-order valence-electron chi connectivity index (χ1n) is 13.8. The van der Waals surface area contributed by atoms with Gasteiger partial charge in [0, 0.05) is 45.9 Å². The van der Waals surface area contributed by atoms with Gasteiger partial charge >= 0.3 is 5.97 Å². The number of ether oxygens (including phenoxy) is 3. The van der Waals surface area contributed by atoms with Gasteiger partial charge in [-0.15, -0.1) is 0 Å². The van der Waals surface area contributed by atoms with Gasteiger partial charge in [-0.1, -0.05) is 18.2 Å². The Hall–Kier alpha value is -4.65. The van der Waals surface area contributed by atoms with E-state index in [9.17, 15) is 9.18 Å². The maximum absolute atomic E-state index is 14.1. The Morgan fingerprint density at radius 1 is 0.905 bits per heavy atom. The Morgan fingerprint density at radius 3 is 2.33 bits per heavy atom. The zero-order valence-corrected chi connectivity index (χ0v) is 25.0. The third-order valence-corrected chi connectivity index (χ3v) is 7.25. The van der Waals surface area contributed by atoms with Crippen LogP contribution in [-0.4, -0.2) is 23.6 Å². The average Bonchev–Trinajstić information content (AvgIpc) is 2.92. The monoisotopic (exact) mass is 566 g/mol. The molecule has 42 heavy (non-hydrogen) atoms. The molecule has 7 heteroatoms. The van der Waals surface area contributed by atoms with Crippen molar-refractivity contribution in [2.24, 2.45) is 0 Å². The van der Waals surface area contributed by atoms with Gasteiger partial charge in [0.05, 0.1) is 18.2 Å². The Kier molecular flexibility index (Phi) is 7.78. The van der Waals surface area contributed by atoms with Crippen molar-refractivity contribution < 1.29 is 23.4 Å². The SMILES string of the molecule is COc1cc(OC(=O)c2cc(C)nc(C)c2)ccc1-c1ccc2c(c1COc1cc(F)ccc1C)C(C)=CC(C)(C)N2. The minimum absolute atomic E-state index is 0.205. The molecule has 0 amide bonds. The van der Waals surface area contributed by atoms with Crippen LogP contribution in [-0.2, 0) is 6.61 Å². The van der Waals surface area contributed by atoms with Crippen LogP contribution in [0.15, 0.2) is 66.7 Å². The number of nitrogens with one attached hydrogen (secondary N) is 1. The van der Waals surface area contributed by atoms with Crippen molar-refractivity contribution in [2.45, 2.75) is 53.7 Å². The molecule has 216 valence electrons. The minimum Gasteiger partial charge on any atom is -0.496 e. The summed E-state index contributed by atoms with van der Waals surface area (Å²) < 4.78 is 31.8. The standard InChI is InChI=1S/C35H35FN2O4/c1-20-8-9-25(36)16-31(20)41-19-29-27(12-13-30-33(29)21(2)18-35(5,6)38-30)28-11-10-26(17-32(28)40-7)42-34(39)24-14-22(3)37-23(4)15-24/h8-18,38H,19H2,1-7H3. The Labute approximate surface area is 246 Å². The fourth-order valence-corrected chi connectivity index (χ4v) is 5.56. The van der Waals surface area contributed by atoms with Crippen LogP contribution in [0.3, 0.4) is 0 Å². The fourth-order valence-electron chi connectivity index (χ4n) is 5.56. The summed E-state index contributed by atoms with van der Waals surface area (Å²) in [5.74, 6) is 0.560. The number of carbonyl (C=O) groups excluding carboxylic acids is 1. The van der Waals surface area contributed by atoms with E-state index in [4.69, 9.17) is 14.2 Å². The highest BCUT2D eigenvalue weighted by molar-refractivity contribution is 5.92. The molecule has 0 saturated heterocycles. The van der Waals surface area contributed by atoms with Gasteiger partial charge in [0.25, 0.3) is 0 Å². The van der Waals surface area contributed by atoms with E-state index in [2.05, 4.69) is 43.2 Å². The van der Waals surface area contributed by atoms with Crippen molar-refractivity contribution in [2.75, 3.05) is 12.4 Å². The average molecular weight is 567 g/mol. The Morgan fingerprint density at radius 2 is 1.62 bits per heavy atom. The smallest absolute Gasteiger partial charge is 0.343 e. The number of allylic oxidation sites excluding steroid dienone is 1. The van der Waals surface area contributed by atoms with Crippen LogP contribution in [0, 0.1) is 26.6 Å². The second-order valence-corrected chi connectivity index (χ2v) is 11.3. The number of anilines is 1. The molecule has 1 aliphatic heterocycles. The van der Waals surface area contributed by atoms with Gasteiger partial charge in [-0.05, 0) is 94.6 Å². The van der Waals surface area contributed by atoms with Crippen LogP contribution >= 0.6 is 0 Å². The van der Waals surface area contributed by atoms with E-state index in [1.54, 1.807) is 37.4 Å². The number of halogens is 1. The summed E-state index contributed by atoms with van der Waals surface area (Å²) in [5, 5.41) is 3.60. The van der Waals surface area contributed by atoms with Crippen molar-refractivity contribution >= 4 is 17.2 Å². The number of aromatic nitrogens is 1. The molecule has 1 aromatic heterocycles. The predicted octanol–water partition coefficient (Wildman–Crippen LogP) is 8.23. The van der Waals surface area contributed by atoms with Crippen molar-refractivity contribution in [1.29, 1.82) is 0 Å². The lowest BCUT2D eigenvalue weighted by atomic mass is 9.85. The Balaban J connectivity index is 1.55. The summed E-state index contributed by atoms with van der Waals surface area (Å²) in [6, 6.07) is 17.4. The maximum Gasteiger partial charge on any atom is 0.343 e. The highest BCUT2D eigenvalue weighted by atomic mass is 19.1. The molecule has 0 atom stereocenters. The molecule has 0 aliphatic carbocycles. The van der Waals surface area contributed by atoms with Crippen LogP contribution in [0.5, 0.6) is 17.2 Å². The third kappa shape index (κ3) is 6.00. The normalized spacial score (nSPS) is 13.5. The fraction of sp³-hybridized carbons (Fsp3) is 0.257. The van der Waals surface area contributed by atoms with Crippen LogP contribution < -0.4 is 19.5 Å². The zero-order chi connectivity index (χ0) is 30.2. The highest BCUT2D eigenvalue weighted by Gasteiger charge is 2.27. The van der Waals surface area contributed by atoms with Crippen molar-refractivity contribution in [3.05, 3.63) is 106 Å². The van der Waals surface area contributed by atoms with Gasteiger partial charge in [-0.3, -0.25) is 4.98 Å². The number of hydrogen-bond acceptors (Lipinski definition) is 6. The molecule has 4 aromatic rings. The number of aryl methyl sites for hydroxylation is 3. The highest BCUT2D eigenvalue weighted by Crippen LogP contribution is 2.43. The molecule has 5 rings (SSSR count). The maximum atomic E-state index is 14.1. The Bertz CT molecular complexity index is 1700. The molecule has 0 unspecified atom stereocenters. The number of methoxy groups -OCH3 is 1. The summed E-state index contributed by atoms with van der Waals surface area (Å²) in [6.45, 7) is 12.1. The number of rotatable bonds is 7. The van der Waals surface area contributed by atoms with Gasteiger partial charge in [0.15, 0.2) is 0 Å². The van der Waals surface area contributed by atoms with Gasteiger partial charge in [0.1, 0.15) is 29.7 Å². The lowest BCUT2D eigenvalue weighted by molar-refractivity contribution is 0.0734. The zero-order valence-electron chi connectivity index (χ0n) is 25.0. The van der Waals surface area contributed by atoms with E-state index in [0.717, 1.165) is 50.5 Å². The van der Waals surface area contributed by atoms with E-state index in [0.29, 0.717) is 22.8 Å². The summed E-state index contributed by atoms with van der Waals surface area (Å²) in [4.78, 5) is 17.2. The van der Waals surface area contributed by atoms with E-state index < -0.39 is 5.97 Å². The van der Waals surface area contributed by atoms with Gasteiger partial charge in [-0.2, -0.15) is 0 Å². The van der Waals surface area contributed by atoms with Gasteiger partial charge in [0.2, 0.25) is 0 Å². The molecule has 6 nitrogen and oxygen atoms in total. The van der Waals surface area contributed by atoms with E-state index in [-0.39, 0.29) is 18.0 Å². The summed E-state index contributed by atoms with van der Waals surface area (Å²) >= 11 is 0. The van der Waals surface area contributed by atoms with E-state index in [1.165, 1.54) is 12.1 Å². The van der Waals surface area contributed by atoms with Gasteiger partial charge in [-0.25, -0.2) is 9.18 Å². The lowest BCUT2D eigenvalue weighted by Crippen LogP contribution is -2.32. The van der Waals surface area contributed by atoms with Crippen molar-refractivity contribution in [1.82, 2.24) is 4.98 Å². The van der Waals surface area contributed by atoms with E-state index in [1.807, 2.05) is 32.9 Å². The summed E-state index contributed by atoms with van der Waals surface area (Å²) in [6.07, 6.45) is 2.19. The first-order chi connectivity index (χ1) is 19.9. The number of hydrogen-bond donors (Lipinski definition) is 1. The lowest BCUT2D eigenvalue weighted by Gasteiger charge is -2.33. The quantitative estimate of drug-likeness (QED) is 0.180. The summed E-state index contributed by atoms with van der Waals surface area (Å²) in [7, 11) is 1.58.